The van der Waals surface area contributed by atoms with Crippen LogP contribution in [0.15, 0.2) is 47.4 Å². The molecule has 1 aromatic carbocycles. The minimum atomic E-state index is -0.0973. The number of rotatable bonds is 4. The van der Waals surface area contributed by atoms with Crippen molar-refractivity contribution in [2.75, 3.05) is 24.5 Å². The highest BCUT2D eigenvalue weighted by Gasteiger charge is 2.31. The van der Waals surface area contributed by atoms with Crippen molar-refractivity contribution in [3.63, 3.8) is 0 Å². The molecule has 2 aliphatic heterocycles. The van der Waals surface area contributed by atoms with Crippen LogP contribution >= 0.6 is 22.9 Å². The summed E-state index contributed by atoms with van der Waals surface area (Å²) in [5.41, 5.74) is 6.64. The highest BCUT2D eigenvalue weighted by Crippen LogP contribution is 2.44. The maximum atomic E-state index is 12.3. The van der Waals surface area contributed by atoms with Crippen LogP contribution in [0, 0.1) is 6.92 Å². The smallest absolute Gasteiger partial charge is 0.267 e. The van der Waals surface area contributed by atoms with E-state index in [4.69, 9.17) is 11.6 Å². The van der Waals surface area contributed by atoms with Crippen LogP contribution in [-0.2, 0) is 13.0 Å². The highest BCUT2D eigenvalue weighted by molar-refractivity contribution is 7.19. The maximum Gasteiger partial charge on any atom is 0.267 e. The van der Waals surface area contributed by atoms with Gasteiger partial charge in [-0.3, -0.25) is 9.78 Å². The van der Waals surface area contributed by atoms with Gasteiger partial charge in [-0.05, 0) is 55.7 Å². The number of hydrogen-bond donors (Lipinski definition) is 1. The SMILES string of the molecule is Cc1ccc(=O)n(Cc2cc3nccc(-c4cc(Cl)cc5c4N(C4CNC4)CCC5)c3s2)n1. The lowest BCUT2D eigenvalue weighted by atomic mass is 9.92. The zero-order valence-corrected chi connectivity index (χ0v) is 19.9. The molecule has 0 amide bonds. The van der Waals surface area contributed by atoms with Gasteiger partial charge in [-0.2, -0.15) is 5.10 Å². The Labute approximate surface area is 200 Å². The van der Waals surface area contributed by atoms with Crippen LogP contribution in [0.2, 0.25) is 5.02 Å². The standard InChI is InChI=1S/C25H24ClN5OS/c1-15-4-5-23(32)31(29-15)14-19-11-22-25(33-19)20(6-7-28-22)21-10-17(26)9-16-3-2-8-30(24(16)21)18-12-27-13-18/h4-7,9-11,18,27H,2-3,8,12-14H2,1H3. The molecule has 6 nitrogen and oxygen atoms in total. The Morgan fingerprint density at radius 1 is 1.18 bits per heavy atom. The van der Waals surface area contributed by atoms with Crippen molar-refractivity contribution in [2.45, 2.75) is 32.4 Å². The zero-order chi connectivity index (χ0) is 22.5. The van der Waals surface area contributed by atoms with E-state index in [1.807, 2.05) is 13.1 Å². The quantitative estimate of drug-likeness (QED) is 0.476. The number of anilines is 1. The average molecular weight is 478 g/mol. The minimum absolute atomic E-state index is 0.0973. The second kappa shape index (κ2) is 8.24. The Hall–Kier alpha value is -2.74. The molecule has 1 saturated heterocycles. The minimum Gasteiger partial charge on any atom is -0.365 e. The van der Waals surface area contributed by atoms with E-state index in [-0.39, 0.29) is 5.56 Å². The summed E-state index contributed by atoms with van der Waals surface area (Å²) in [5, 5.41) is 8.58. The largest absolute Gasteiger partial charge is 0.365 e. The first-order valence-electron chi connectivity index (χ1n) is 11.3. The summed E-state index contributed by atoms with van der Waals surface area (Å²) in [6.07, 6.45) is 4.07. The van der Waals surface area contributed by atoms with Gasteiger partial charge in [0.05, 0.1) is 28.5 Å². The Morgan fingerprint density at radius 2 is 2.06 bits per heavy atom. The van der Waals surface area contributed by atoms with E-state index in [0.29, 0.717) is 12.6 Å². The Morgan fingerprint density at radius 3 is 2.88 bits per heavy atom. The van der Waals surface area contributed by atoms with Crippen LogP contribution < -0.4 is 15.8 Å². The molecule has 1 N–H and O–H groups in total. The second-order valence-corrected chi connectivity index (χ2v) is 10.4. The maximum absolute atomic E-state index is 12.3. The predicted molar refractivity (Wildman–Crippen MR) is 135 cm³/mol. The van der Waals surface area contributed by atoms with E-state index in [2.05, 4.69) is 44.6 Å². The molecule has 3 aromatic heterocycles. The van der Waals surface area contributed by atoms with Crippen LogP contribution in [0.3, 0.4) is 0 Å². The van der Waals surface area contributed by atoms with Crippen molar-refractivity contribution < 1.29 is 0 Å². The molecule has 0 radical (unpaired) electrons. The molecule has 2 aliphatic rings. The van der Waals surface area contributed by atoms with Gasteiger partial charge in [-0.1, -0.05) is 11.6 Å². The molecule has 8 heteroatoms. The third-order valence-electron chi connectivity index (χ3n) is 6.55. The Balaban J connectivity index is 1.48. The monoisotopic (exact) mass is 477 g/mol. The number of aryl methyl sites for hydroxylation is 2. The molecule has 6 rings (SSSR count). The van der Waals surface area contributed by atoms with Crippen molar-refractivity contribution in [1.29, 1.82) is 0 Å². The van der Waals surface area contributed by atoms with Crippen molar-refractivity contribution in [1.82, 2.24) is 20.1 Å². The fraction of sp³-hybridized carbons (Fsp3) is 0.320. The molecule has 4 aromatic rings. The molecule has 0 bridgehead atoms. The molecule has 0 atom stereocenters. The summed E-state index contributed by atoms with van der Waals surface area (Å²) >= 11 is 8.29. The van der Waals surface area contributed by atoms with Gasteiger partial charge in [-0.15, -0.1) is 11.3 Å². The average Bonchev–Trinajstić information content (AvgIpc) is 3.17. The third kappa shape index (κ3) is 3.74. The number of aromatic nitrogens is 3. The third-order valence-corrected chi connectivity index (χ3v) is 7.91. The lowest BCUT2D eigenvalue weighted by Gasteiger charge is -2.44. The first-order valence-corrected chi connectivity index (χ1v) is 12.5. The van der Waals surface area contributed by atoms with Crippen LogP contribution in [0.1, 0.15) is 22.6 Å². The van der Waals surface area contributed by atoms with Gasteiger partial charge < -0.3 is 10.2 Å². The van der Waals surface area contributed by atoms with E-state index in [1.54, 1.807) is 23.5 Å². The van der Waals surface area contributed by atoms with Gasteiger partial charge >= 0.3 is 0 Å². The first-order chi connectivity index (χ1) is 16.1. The summed E-state index contributed by atoms with van der Waals surface area (Å²) < 4.78 is 2.64. The number of benzene rings is 1. The summed E-state index contributed by atoms with van der Waals surface area (Å²) in [6, 6.07) is 12.2. The van der Waals surface area contributed by atoms with Gasteiger partial charge in [-0.25, -0.2) is 4.68 Å². The van der Waals surface area contributed by atoms with Crippen LogP contribution in [-0.4, -0.2) is 40.4 Å². The number of thiophene rings is 1. The lowest BCUT2D eigenvalue weighted by Crippen LogP contribution is -2.58. The van der Waals surface area contributed by atoms with Gasteiger partial charge in [0, 0.05) is 58.6 Å². The molecule has 0 unspecified atom stereocenters. The van der Waals surface area contributed by atoms with Gasteiger partial charge in [0.2, 0.25) is 0 Å². The summed E-state index contributed by atoms with van der Waals surface area (Å²) in [5.74, 6) is 0. The predicted octanol–water partition coefficient (Wildman–Crippen LogP) is 4.25. The van der Waals surface area contributed by atoms with Crippen molar-refractivity contribution in [2.24, 2.45) is 0 Å². The molecule has 0 spiro atoms. The highest BCUT2D eigenvalue weighted by atomic mass is 35.5. The number of hydrogen-bond acceptors (Lipinski definition) is 6. The summed E-state index contributed by atoms with van der Waals surface area (Å²) in [7, 11) is 0. The van der Waals surface area contributed by atoms with Gasteiger partial charge in [0.25, 0.3) is 5.56 Å². The zero-order valence-electron chi connectivity index (χ0n) is 18.3. The van der Waals surface area contributed by atoms with E-state index in [9.17, 15) is 4.79 Å². The van der Waals surface area contributed by atoms with Crippen LogP contribution in [0.5, 0.6) is 0 Å². The topological polar surface area (TPSA) is 63.1 Å². The van der Waals surface area contributed by atoms with Gasteiger partial charge in [0.15, 0.2) is 0 Å². The Kier molecular flexibility index (Phi) is 5.20. The number of pyridine rings is 1. The van der Waals surface area contributed by atoms with E-state index in [0.717, 1.165) is 63.8 Å². The molecule has 168 valence electrons. The number of fused-ring (bicyclic) bond motifs is 2. The van der Waals surface area contributed by atoms with Crippen LogP contribution in [0.4, 0.5) is 5.69 Å². The van der Waals surface area contributed by atoms with E-state index < -0.39 is 0 Å². The van der Waals surface area contributed by atoms with Crippen molar-refractivity contribution >= 4 is 38.8 Å². The van der Waals surface area contributed by atoms with Crippen LogP contribution in [0.25, 0.3) is 21.3 Å². The first kappa shape index (κ1) is 20.8. The van der Waals surface area contributed by atoms with E-state index >= 15 is 0 Å². The molecule has 5 heterocycles. The number of nitrogens with one attached hydrogen (secondary N) is 1. The molecule has 0 aliphatic carbocycles. The molecule has 0 saturated carbocycles. The normalized spacial score (nSPS) is 16.1. The molecule has 1 fully saturated rings. The summed E-state index contributed by atoms with van der Waals surface area (Å²) in [4.78, 5) is 20.5. The lowest BCUT2D eigenvalue weighted by molar-refractivity contribution is 0.406. The fourth-order valence-corrected chi connectivity index (χ4v) is 6.26. The fourth-order valence-electron chi connectivity index (χ4n) is 4.89. The summed E-state index contributed by atoms with van der Waals surface area (Å²) in [6.45, 7) is 5.45. The Bertz CT molecular complexity index is 1420. The van der Waals surface area contributed by atoms with Crippen molar-refractivity contribution in [3.8, 4) is 11.1 Å². The molecular weight excluding hydrogens is 454 g/mol. The number of halogens is 1. The molecule has 33 heavy (non-hydrogen) atoms. The van der Waals surface area contributed by atoms with Gasteiger partial charge in [0.1, 0.15) is 0 Å². The van der Waals surface area contributed by atoms with E-state index in [1.165, 1.54) is 21.5 Å². The molecular formula is C25H24ClN5OS. The second-order valence-electron chi connectivity index (χ2n) is 8.83. The number of nitrogens with zero attached hydrogens (tertiary/aromatic N) is 4. The van der Waals surface area contributed by atoms with Crippen molar-refractivity contribution in [3.05, 3.63) is 74.1 Å².